The number of hydrogen-bond donors (Lipinski definition) is 3. The second-order valence-corrected chi connectivity index (χ2v) is 18.4. The average molecular weight is 788 g/mol. The zero-order valence-electron chi connectivity index (χ0n) is 32.1. The molecule has 7 atom stereocenters. The summed E-state index contributed by atoms with van der Waals surface area (Å²) in [5, 5.41) is 6.38. The first-order chi connectivity index (χ1) is 25.8. The summed E-state index contributed by atoms with van der Waals surface area (Å²) in [6, 6.07) is 1.81. The number of sulfonamides is 1. The number of benzene rings is 1. The highest BCUT2D eigenvalue weighted by molar-refractivity contribution is 7.91. The number of carbonyl (C=O) groups excluding carboxylic acids is 4. The summed E-state index contributed by atoms with van der Waals surface area (Å²) in [6.07, 6.45) is 4.02. The summed E-state index contributed by atoms with van der Waals surface area (Å²) in [7, 11) is -2.69. The first-order valence-electron chi connectivity index (χ1n) is 18.6. The van der Waals surface area contributed by atoms with Crippen LogP contribution in [-0.4, -0.2) is 102 Å². The van der Waals surface area contributed by atoms with Crippen LogP contribution in [0.1, 0.15) is 80.1 Å². The van der Waals surface area contributed by atoms with Crippen molar-refractivity contribution in [3.8, 4) is 11.6 Å². The van der Waals surface area contributed by atoms with Gasteiger partial charge in [0.1, 0.15) is 29.3 Å². The van der Waals surface area contributed by atoms with E-state index in [2.05, 4.69) is 20.3 Å². The van der Waals surface area contributed by atoms with Gasteiger partial charge in [-0.15, -0.1) is 0 Å². The highest BCUT2D eigenvalue weighted by Gasteiger charge is 2.63. The van der Waals surface area contributed by atoms with Gasteiger partial charge in [0.05, 0.1) is 30.6 Å². The number of methoxy groups -OCH3 is 1. The minimum absolute atomic E-state index is 0.0260. The largest absolute Gasteiger partial charge is 0.494 e. The van der Waals surface area contributed by atoms with Gasteiger partial charge in [-0.25, -0.2) is 22.6 Å². The van der Waals surface area contributed by atoms with Crippen molar-refractivity contribution in [2.24, 2.45) is 5.92 Å². The number of allylic oxidation sites excluding steroid dienone is 1. The maximum atomic E-state index is 14.9. The fourth-order valence-corrected chi connectivity index (χ4v) is 8.41. The molecule has 6 rings (SSSR count). The number of rotatable bonds is 7. The molecule has 1 saturated heterocycles. The van der Waals surface area contributed by atoms with Gasteiger partial charge in [-0.05, 0) is 97.2 Å². The van der Waals surface area contributed by atoms with Crippen molar-refractivity contribution < 1.29 is 50.9 Å². The van der Waals surface area contributed by atoms with Gasteiger partial charge in [0.2, 0.25) is 27.7 Å². The van der Waals surface area contributed by atoms with Gasteiger partial charge in [0.25, 0.3) is 5.91 Å². The van der Waals surface area contributed by atoms with Crippen molar-refractivity contribution in [2.45, 2.75) is 126 Å². The Morgan fingerprint density at radius 2 is 1.89 bits per heavy atom. The number of carbonyl (C=O) groups is 4. The molecule has 1 aromatic carbocycles. The summed E-state index contributed by atoms with van der Waals surface area (Å²) >= 11 is 0. The van der Waals surface area contributed by atoms with Crippen LogP contribution in [-0.2, 0) is 33.9 Å². The minimum Gasteiger partial charge on any atom is -0.494 e. The number of fused-ring (bicyclic) bond motifs is 3. The highest BCUT2D eigenvalue weighted by Crippen LogP contribution is 2.47. The fraction of sp³-hybridized carbons (Fsp3) is 0.605. The maximum Gasteiger partial charge on any atom is 0.408 e. The summed E-state index contributed by atoms with van der Waals surface area (Å²) in [5.74, 6) is -3.35. The highest BCUT2D eigenvalue weighted by atomic mass is 32.2. The standard InChI is InChI=1S/C38H50FN5O10S/c1-21-10-8-9-11-24-19-38(24,34(47)43-55(49,50)37(6)13-14-37)42-31(45)28-17-25(53-32-26-18-27(39)29(51-7)16-23(26)12-15-40-32)20-44(28)33(46)30(22(2)52-21)41-35(48)54-36(3,4)5/h9,11-12,15-16,18,21-22,24-25,28,30H,8,10,13-14,17,19-20H2,1-7H3,(H,41,48)(H,42,45)(H,43,47)/b11-9-/t21-,22+,24-,25-,28+,30+,38-/m1/s1. The van der Waals surface area contributed by atoms with E-state index in [1.165, 1.54) is 30.3 Å². The quantitative estimate of drug-likeness (QED) is 0.348. The molecular weight excluding hydrogens is 738 g/mol. The Labute approximate surface area is 320 Å². The van der Waals surface area contributed by atoms with Gasteiger partial charge in [0, 0.05) is 23.9 Å². The third kappa shape index (κ3) is 8.52. The van der Waals surface area contributed by atoms with E-state index >= 15 is 0 Å². The van der Waals surface area contributed by atoms with Crippen LogP contribution in [0.2, 0.25) is 0 Å². The molecule has 4 amide bonds. The van der Waals surface area contributed by atoms with Crippen molar-refractivity contribution >= 4 is 44.6 Å². The molecule has 0 radical (unpaired) electrons. The van der Waals surface area contributed by atoms with Crippen molar-refractivity contribution in [3.63, 3.8) is 0 Å². The van der Waals surface area contributed by atoms with Crippen molar-refractivity contribution in [2.75, 3.05) is 13.7 Å². The molecule has 2 aliphatic heterocycles. The van der Waals surface area contributed by atoms with Crippen LogP contribution in [0.5, 0.6) is 11.6 Å². The number of nitrogens with zero attached hydrogens (tertiary/aromatic N) is 2. The molecule has 3 N–H and O–H groups in total. The lowest BCUT2D eigenvalue weighted by atomic mass is 10.1. The molecule has 4 aliphatic rings. The van der Waals surface area contributed by atoms with Gasteiger partial charge in [-0.1, -0.05) is 12.2 Å². The van der Waals surface area contributed by atoms with Gasteiger partial charge < -0.3 is 34.5 Å². The number of alkyl carbamates (subject to hydrolysis) is 1. The summed E-state index contributed by atoms with van der Waals surface area (Å²) < 4.78 is 65.4. The Bertz CT molecular complexity index is 2000. The van der Waals surface area contributed by atoms with Crippen LogP contribution < -0.4 is 24.8 Å². The molecule has 0 unspecified atom stereocenters. The molecule has 15 nitrogen and oxygen atoms in total. The third-order valence-corrected chi connectivity index (χ3v) is 12.8. The second-order valence-electron chi connectivity index (χ2n) is 16.2. The number of pyridine rings is 1. The summed E-state index contributed by atoms with van der Waals surface area (Å²) in [4.78, 5) is 61.6. The smallest absolute Gasteiger partial charge is 0.408 e. The van der Waals surface area contributed by atoms with E-state index in [9.17, 15) is 32.0 Å². The lowest BCUT2D eigenvalue weighted by molar-refractivity contribution is -0.144. The summed E-state index contributed by atoms with van der Waals surface area (Å²) in [5.41, 5.74) is -2.49. The Morgan fingerprint density at radius 3 is 2.56 bits per heavy atom. The van der Waals surface area contributed by atoms with Crippen molar-refractivity contribution in [1.82, 2.24) is 25.2 Å². The molecular formula is C38H50FN5O10S. The van der Waals surface area contributed by atoms with E-state index in [1.807, 2.05) is 13.0 Å². The predicted molar refractivity (Wildman–Crippen MR) is 198 cm³/mol. The summed E-state index contributed by atoms with van der Waals surface area (Å²) in [6.45, 7) is 9.90. The van der Waals surface area contributed by atoms with E-state index in [1.54, 1.807) is 46.8 Å². The van der Waals surface area contributed by atoms with Crippen LogP contribution in [0, 0.1) is 11.7 Å². The zero-order valence-corrected chi connectivity index (χ0v) is 33.0. The van der Waals surface area contributed by atoms with E-state index < -0.39 is 85.8 Å². The van der Waals surface area contributed by atoms with Gasteiger partial charge >= 0.3 is 6.09 Å². The number of halogens is 1. The molecule has 3 fully saturated rings. The van der Waals surface area contributed by atoms with Gasteiger partial charge in [-0.2, -0.15) is 0 Å². The number of ether oxygens (including phenoxy) is 4. The molecule has 2 saturated carbocycles. The van der Waals surface area contributed by atoms with E-state index in [0.717, 1.165) is 0 Å². The third-order valence-electron chi connectivity index (χ3n) is 10.7. The van der Waals surface area contributed by atoms with Gasteiger partial charge in [0.15, 0.2) is 11.6 Å². The molecule has 55 heavy (non-hydrogen) atoms. The molecule has 3 heterocycles. The predicted octanol–water partition coefficient (Wildman–Crippen LogP) is 3.64. The average Bonchev–Trinajstić information content (AvgIpc) is 3.98. The van der Waals surface area contributed by atoms with E-state index in [-0.39, 0.29) is 37.1 Å². The second kappa shape index (κ2) is 14.9. The monoisotopic (exact) mass is 787 g/mol. The minimum atomic E-state index is -4.04. The van der Waals surface area contributed by atoms with E-state index in [4.69, 9.17) is 18.9 Å². The molecule has 17 heteroatoms. The molecule has 2 aliphatic carbocycles. The SMILES string of the molecule is COc1cc2ccnc(O[C@@H]3C[C@H]4C(=O)N[C@]5(C(=O)NS(=O)(=O)C6(C)CC6)C[C@H]5/C=C\CC[C@@H](C)O[C@@H](C)[C@H](NC(=O)OC(C)(C)C)C(=O)N4C3)c2cc1F. The number of hydrogen-bond acceptors (Lipinski definition) is 11. The van der Waals surface area contributed by atoms with Crippen molar-refractivity contribution in [1.29, 1.82) is 0 Å². The van der Waals surface area contributed by atoms with Crippen LogP contribution in [0.3, 0.4) is 0 Å². The first kappa shape index (κ1) is 40.2. The molecule has 0 bridgehead atoms. The normalized spacial score (nSPS) is 30.1. The zero-order chi connectivity index (χ0) is 40.1. The lowest BCUT2D eigenvalue weighted by Crippen LogP contribution is -2.60. The Morgan fingerprint density at radius 1 is 1.16 bits per heavy atom. The Hall–Kier alpha value is -4.51. The maximum absolute atomic E-state index is 14.9. The van der Waals surface area contributed by atoms with Crippen LogP contribution in [0.4, 0.5) is 9.18 Å². The van der Waals surface area contributed by atoms with E-state index in [0.29, 0.717) is 36.5 Å². The van der Waals surface area contributed by atoms with Crippen molar-refractivity contribution in [3.05, 3.63) is 42.4 Å². The topological polar surface area (TPSA) is 192 Å². The molecule has 0 spiro atoms. The Balaban J connectivity index is 1.35. The van der Waals surface area contributed by atoms with Crippen LogP contribution in [0.15, 0.2) is 36.5 Å². The number of nitrogens with one attached hydrogen (secondary N) is 3. The fourth-order valence-electron chi connectivity index (χ4n) is 7.09. The number of aromatic nitrogens is 1. The molecule has 300 valence electrons. The number of amides is 4. The lowest BCUT2D eigenvalue weighted by Gasteiger charge is -2.33. The Kier molecular flexibility index (Phi) is 10.9. The molecule has 1 aromatic heterocycles. The van der Waals surface area contributed by atoms with Gasteiger partial charge in [-0.3, -0.25) is 19.1 Å². The van der Waals surface area contributed by atoms with Crippen LogP contribution in [0.25, 0.3) is 10.8 Å². The van der Waals surface area contributed by atoms with Crippen LogP contribution >= 0.6 is 0 Å². The molecule has 2 aromatic rings. The first-order valence-corrected chi connectivity index (χ1v) is 20.0.